The predicted molar refractivity (Wildman–Crippen MR) is 46.6 cm³/mol. The molecule has 0 aromatic rings. The van der Waals surface area contributed by atoms with Gasteiger partial charge in [-0.15, -0.1) is 33.2 Å². The van der Waals surface area contributed by atoms with Crippen LogP contribution in [0.5, 0.6) is 0 Å². The third-order valence-electron chi connectivity index (χ3n) is 0.755. The number of halogens is 3. The molecule has 11 heavy (non-hydrogen) atoms. The highest BCUT2D eigenvalue weighted by Crippen LogP contribution is 2.24. The van der Waals surface area contributed by atoms with Gasteiger partial charge in [0, 0.05) is 12.7 Å². The van der Waals surface area contributed by atoms with Crippen molar-refractivity contribution in [3.8, 4) is 0 Å². The van der Waals surface area contributed by atoms with Gasteiger partial charge >= 0.3 is 12.0 Å². The Balaban J connectivity index is 3.22. The molecule has 0 saturated heterocycles. The Bertz CT molecular complexity index is 135. The molecule has 0 aromatic heterocycles. The molecule has 0 unspecified atom stereocenters. The Morgan fingerprint density at radius 3 is 2.36 bits per heavy atom. The van der Waals surface area contributed by atoms with Crippen molar-refractivity contribution in [1.29, 1.82) is 0 Å². The van der Waals surface area contributed by atoms with E-state index in [9.17, 15) is 4.79 Å². The zero-order valence-electron chi connectivity index (χ0n) is 5.52. The highest BCUT2D eigenvalue weighted by Gasteiger charge is 2.24. The summed E-state index contributed by atoms with van der Waals surface area (Å²) >= 11 is 16.5. The maximum Gasteiger partial charge on any atom is 0.343 e. The van der Waals surface area contributed by atoms with Crippen molar-refractivity contribution in [2.24, 2.45) is 0 Å². The van der Waals surface area contributed by atoms with Gasteiger partial charge in [0.1, 0.15) is 6.61 Å². The summed E-state index contributed by atoms with van der Waals surface area (Å²) in [5, 5.41) is 8.13. The van der Waals surface area contributed by atoms with Gasteiger partial charge in [-0.2, -0.15) is 0 Å². The minimum Gasteiger partial charge on any atom is -0.480 e. The Morgan fingerprint density at radius 1 is 1.45 bits per heavy atom. The molecule has 3 nitrogen and oxygen atoms in total. The van der Waals surface area contributed by atoms with Gasteiger partial charge in [-0.3, -0.25) is 0 Å². The van der Waals surface area contributed by atoms with Crippen molar-refractivity contribution in [1.82, 2.24) is 0 Å². The third kappa shape index (κ3) is 10.5. The molecule has 0 heterocycles. The molecule has 0 spiro atoms. The highest BCUT2D eigenvalue weighted by molar-refractivity contribution is 7.64. The van der Waals surface area contributed by atoms with E-state index in [-0.39, 0.29) is 13.2 Å². The second kappa shape index (κ2) is 5.21. The Kier molecular flexibility index (Phi) is 5.46. The fraction of sp³-hybridized carbons (Fsp3) is 0.750. The SMILES string of the molecule is O=C(O)COCC[Si](Cl)(Cl)Cl. The molecule has 0 radical (unpaired) electrons. The molecule has 0 bridgehead atoms. The standard InChI is InChI=1S/C4H7Cl3O3Si/c5-11(6,7)2-1-10-3-4(8)9/h1-3H2,(H,8,9). The average Bonchev–Trinajstić information content (AvgIpc) is 1.78. The minimum atomic E-state index is -2.63. The van der Waals surface area contributed by atoms with Gasteiger partial charge in [0.2, 0.25) is 0 Å². The maximum atomic E-state index is 9.91. The van der Waals surface area contributed by atoms with E-state index in [2.05, 4.69) is 4.74 Å². The van der Waals surface area contributed by atoms with Gasteiger partial charge in [0.15, 0.2) is 0 Å². The van der Waals surface area contributed by atoms with Crippen molar-refractivity contribution in [2.45, 2.75) is 6.04 Å². The van der Waals surface area contributed by atoms with E-state index in [0.29, 0.717) is 6.04 Å². The molecule has 0 fully saturated rings. The first-order chi connectivity index (χ1) is 4.92. The quantitative estimate of drug-likeness (QED) is 0.450. The topological polar surface area (TPSA) is 46.5 Å². The van der Waals surface area contributed by atoms with Crippen LogP contribution in [0.25, 0.3) is 0 Å². The molecule has 0 saturated carbocycles. The molecule has 7 heteroatoms. The van der Waals surface area contributed by atoms with Gasteiger partial charge < -0.3 is 9.84 Å². The fourth-order valence-corrected chi connectivity index (χ4v) is 1.42. The number of carboxylic acid groups (broad SMARTS) is 1. The van der Waals surface area contributed by atoms with E-state index >= 15 is 0 Å². The molecule has 1 N–H and O–H groups in total. The van der Waals surface area contributed by atoms with Gasteiger partial charge in [-0.05, 0) is 0 Å². The van der Waals surface area contributed by atoms with Crippen LogP contribution < -0.4 is 0 Å². The summed E-state index contributed by atoms with van der Waals surface area (Å²) < 4.78 is 4.65. The van der Waals surface area contributed by atoms with E-state index in [1.807, 2.05) is 0 Å². The zero-order chi connectivity index (χ0) is 8.91. The number of carboxylic acids is 1. The van der Waals surface area contributed by atoms with Crippen LogP contribution in [0.15, 0.2) is 0 Å². The lowest BCUT2D eigenvalue weighted by Crippen LogP contribution is -2.15. The van der Waals surface area contributed by atoms with Crippen molar-refractivity contribution in [2.75, 3.05) is 13.2 Å². The lowest BCUT2D eigenvalue weighted by atomic mass is 10.7. The van der Waals surface area contributed by atoms with Crippen LogP contribution in [0.1, 0.15) is 0 Å². The van der Waals surface area contributed by atoms with E-state index in [1.54, 1.807) is 0 Å². The van der Waals surface area contributed by atoms with Crippen LogP contribution in [0, 0.1) is 0 Å². The number of rotatable bonds is 5. The summed E-state index contributed by atoms with van der Waals surface area (Å²) in [4.78, 5) is 9.91. The summed E-state index contributed by atoms with van der Waals surface area (Å²) in [5.41, 5.74) is 0. The van der Waals surface area contributed by atoms with E-state index in [1.165, 1.54) is 0 Å². The average molecular weight is 238 g/mol. The number of hydrogen-bond acceptors (Lipinski definition) is 2. The van der Waals surface area contributed by atoms with Gasteiger partial charge in [0.25, 0.3) is 0 Å². The summed E-state index contributed by atoms with van der Waals surface area (Å²) in [6.07, 6.45) is 0. The molecule has 0 rings (SSSR count). The predicted octanol–water partition coefficient (Wildman–Crippen LogP) is 1.74. The zero-order valence-corrected chi connectivity index (χ0v) is 8.79. The van der Waals surface area contributed by atoms with Gasteiger partial charge in [0.05, 0.1) is 0 Å². The highest BCUT2D eigenvalue weighted by atomic mass is 35.8. The molecule has 0 aliphatic heterocycles. The molecule has 0 aromatic carbocycles. The number of ether oxygens (including phenoxy) is 1. The van der Waals surface area contributed by atoms with Crippen LogP contribution in [0.3, 0.4) is 0 Å². The summed E-state index contributed by atoms with van der Waals surface area (Å²) in [5.74, 6) is -1.02. The Hall–Kier alpha value is 0.517. The van der Waals surface area contributed by atoms with Crippen LogP contribution in [-0.4, -0.2) is 30.3 Å². The number of hydrogen-bond donors (Lipinski definition) is 1. The first-order valence-electron chi connectivity index (χ1n) is 2.78. The fourth-order valence-electron chi connectivity index (χ4n) is 0.347. The first kappa shape index (κ1) is 11.5. The Morgan fingerprint density at radius 2 is 2.00 bits per heavy atom. The molecular weight excluding hydrogens is 230 g/mol. The number of aliphatic carboxylic acids is 1. The van der Waals surface area contributed by atoms with Crippen molar-refractivity contribution >= 4 is 45.2 Å². The van der Waals surface area contributed by atoms with Gasteiger partial charge in [-0.1, -0.05) is 0 Å². The number of carbonyl (C=O) groups is 1. The molecule has 0 aliphatic carbocycles. The minimum absolute atomic E-state index is 0.190. The lowest BCUT2D eigenvalue weighted by molar-refractivity contribution is -0.142. The second-order valence-corrected chi connectivity index (χ2v) is 11.1. The second-order valence-electron chi connectivity index (χ2n) is 1.81. The largest absolute Gasteiger partial charge is 0.480 e. The van der Waals surface area contributed by atoms with E-state index in [4.69, 9.17) is 38.3 Å². The summed E-state index contributed by atoms with van der Waals surface area (Å²) in [6.45, 7) is -0.149. The molecule has 66 valence electrons. The molecule has 0 aliphatic rings. The normalized spacial score (nSPS) is 11.5. The summed E-state index contributed by atoms with van der Waals surface area (Å²) in [6, 6.07) is -2.31. The monoisotopic (exact) mass is 236 g/mol. The van der Waals surface area contributed by atoms with Gasteiger partial charge in [-0.25, -0.2) is 4.79 Å². The van der Waals surface area contributed by atoms with Crippen LogP contribution in [0.4, 0.5) is 0 Å². The lowest BCUT2D eigenvalue weighted by Gasteiger charge is -2.06. The molecule has 0 amide bonds. The van der Waals surface area contributed by atoms with Crippen LogP contribution in [0.2, 0.25) is 6.04 Å². The van der Waals surface area contributed by atoms with Crippen LogP contribution in [-0.2, 0) is 9.53 Å². The maximum absolute atomic E-state index is 9.91. The van der Waals surface area contributed by atoms with Crippen molar-refractivity contribution in [3.63, 3.8) is 0 Å². The first-order valence-corrected chi connectivity index (χ1v) is 8.02. The molecule has 0 atom stereocenters. The summed E-state index contributed by atoms with van der Waals surface area (Å²) in [7, 11) is 0. The smallest absolute Gasteiger partial charge is 0.343 e. The van der Waals surface area contributed by atoms with Crippen molar-refractivity contribution < 1.29 is 14.6 Å². The third-order valence-corrected chi connectivity index (χ3v) is 3.23. The van der Waals surface area contributed by atoms with Crippen molar-refractivity contribution in [3.05, 3.63) is 0 Å². The van der Waals surface area contributed by atoms with E-state index in [0.717, 1.165) is 0 Å². The van der Waals surface area contributed by atoms with Crippen LogP contribution >= 0.6 is 33.2 Å². The Labute approximate surface area is 79.3 Å². The van der Waals surface area contributed by atoms with E-state index < -0.39 is 12.0 Å². The molecular formula is C4H7Cl3O3Si.